The van der Waals surface area contributed by atoms with Crippen LogP contribution in [0.3, 0.4) is 0 Å². The lowest BCUT2D eigenvalue weighted by Crippen LogP contribution is -2.25. The summed E-state index contributed by atoms with van der Waals surface area (Å²) in [6, 6.07) is 2.56. The maximum absolute atomic E-state index is 14.4. The quantitative estimate of drug-likeness (QED) is 0.337. The molecule has 0 heterocycles. The molecule has 2 nitrogen and oxygen atoms in total. The average Bonchev–Trinajstić information content (AvgIpc) is 2.79. The first-order chi connectivity index (χ1) is 15.8. The molecule has 2 saturated carbocycles. The predicted octanol–water partition coefficient (Wildman–Crippen LogP) is 8.44. The van der Waals surface area contributed by atoms with Gasteiger partial charge < -0.3 is 9.47 Å². The zero-order chi connectivity index (χ0) is 23.8. The summed E-state index contributed by atoms with van der Waals surface area (Å²) in [7, 11) is 0. The highest BCUT2D eigenvalue weighted by Crippen LogP contribution is 2.39. The van der Waals surface area contributed by atoms with Gasteiger partial charge in [-0.25, -0.2) is 4.39 Å². The molecule has 6 heteroatoms. The molecule has 0 spiro atoms. The van der Waals surface area contributed by atoms with Gasteiger partial charge in [0.1, 0.15) is 5.56 Å². The molecule has 1 aromatic carbocycles. The van der Waals surface area contributed by atoms with E-state index in [4.69, 9.17) is 9.47 Å². The predicted molar refractivity (Wildman–Crippen MR) is 124 cm³/mol. The number of rotatable bonds is 9. The molecule has 33 heavy (non-hydrogen) atoms. The van der Waals surface area contributed by atoms with Gasteiger partial charge in [-0.05, 0) is 74.8 Å². The lowest BCUT2D eigenvalue weighted by molar-refractivity contribution is -0.140. The van der Waals surface area contributed by atoms with Crippen molar-refractivity contribution in [3.05, 3.63) is 35.2 Å². The van der Waals surface area contributed by atoms with E-state index in [1.54, 1.807) is 13.0 Å². The van der Waals surface area contributed by atoms with E-state index in [1.807, 2.05) is 0 Å². The molecule has 2 aliphatic carbocycles. The van der Waals surface area contributed by atoms with Crippen molar-refractivity contribution in [1.82, 2.24) is 0 Å². The molecule has 0 radical (unpaired) electrons. The molecule has 0 bridgehead atoms. The lowest BCUT2D eigenvalue weighted by atomic mass is 9.80. The van der Waals surface area contributed by atoms with Crippen molar-refractivity contribution in [3.63, 3.8) is 0 Å². The first-order valence-electron chi connectivity index (χ1n) is 12.6. The summed E-state index contributed by atoms with van der Waals surface area (Å²) in [6.07, 6.45) is 10.1. The summed E-state index contributed by atoms with van der Waals surface area (Å²) in [5.74, 6) is 0.0529. The fourth-order valence-corrected chi connectivity index (χ4v) is 5.32. The molecule has 0 saturated heterocycles. The van der Waals surface area contributed by atoms with E-state index in [1.165, 1.54) is 56.7 Å². The first kappa shape index (κ1) is 26.1. The summed E-state index contributed by atoms with van der Waals surface area (Å²) in [5, 5.41) is 0. The van der Waals surface area contributed by atoms with Gasteiger partial charge in [0, 0.05) is 6.61 Å². The minimum Gasteiger partial charge on any atom is -0.491 e. The normalized spacial score (nSPS) is 26.6. The summed E-state index contributed by atoms with van der Waals surface area (Å²) >= 11 is 0. The zero-order valence-corrected chi connectivity index (χ0v) is 19.9. The molecular formula is C27H38F4O2. The second kappa shape index (κ2) is 12.2. The molecule has 0 atom stereocenters. The van der Waals surface area contributed by atoms with Crippen LogP contribution in [0, 0.1) is 23.6 Å². The Hall–Kier alpha value is -1.56. The number of benzene rings is 1. The monoisotopic (exact) mass is 470 g/mol. The highest BCUT2D eigenvalue weighted by atomic mass is 19.4. The number of halogens is 4. The van der Waals surface area contributed by atoms with E-state index in [0.29, 0.717) is 5.92 Å². The van der Waals surface area contributed by atoms with Crippen molar-refractivity contribution in [1.29, 1.82) is 0 Å². The summed E-state index contributed by atoms with van der Waals surface area (Å²) in [4.78, 5) is 0. The Morgan fingerprint density at radius 2 is 1.61 bits per heavy atom. The maximum atomic E-state index is 14.4. The molecule has 0 unspecified atom stereocenters. The minimum atomic E-state index is -4.78. The van der Waals surface area contributed by atoms with E-state index in [0.717, 1.165) is 38.2 Å². The maximum Gasteiger partial charge on any atom is 0.419 e. The Morgan fingerprint density at radius 3 is 2.21 bits per heavy atom. The van der Waals surface area contributed by atoms with Crippen LogP contribution >= 0.6 is 0 Å². The Balaban J connectivity index is 1.49. The third-order valence-corrected chi connectivity index (χ3v) is 7.22. The van der Waals surface area contributed by atoms with Crippen LogP contribution < -0.4 is 4.74 Å². The van der Waals surface area contributed by atoms with Crippen molar-refractivity contribution in [2.24, 2.45) is 17.8 Å². The fraction of sp³-hybridized carbons (Fsp3) is 0.704. The van der Waals surface area contributed by atoms with E-state index >= 15 is 0 Å². The molecule has 1 aromatic rings. The van der Waals surface area contributed by atoms with E-state index in [9.17, 15) is 17.6 Å². The highest BCUT2D eigenvalue weighted by molar-refractivity contribution is 5.57. The van der Waals surface area contributed by atoms with Crippen LogP contribution in [0.15, 0.2) is 18.2 Å². The Morgan fingerprint density at radius 1 is 0.939 bits per heavy atom. The highest BCUT2D eigenvalue weighted by Gasteiger charge is 2.38. The Kier molecular flexibility index (Phi) is 9.66. The smallest absolute Gasteiger partial charge is 0.419 e. The molecule has 0 N–H and O–H groups in total. The van der Waals surface area contributed by atoms with Gasteiger partial charge >= 0.3 is 6.18 Å². The van der Waals surface area contributed by atoms with E-state index in [-0.39, 0.29) is 29.9 Å². The van der Waals surface area contributed by atoms with Gasteiger partial charge in [0.2, 0.25) is 0 Å². The van der Waals surface area contributed by atoms with Gasteiger partial charge in [-0.1, -0.05) is 50.8 Å². The van der Waals surface area contributed by atoms with Gasteiger partial charge in [0.25, 0.3) is 0 Å². The number of hydrogen-bond donors (Lipinski definition) is 0. The van der Waals surface area contributed by atoms with Crippen LogP contribution in [-0.4, -0.2) is 19.3 Å². The lowest BCUT2D eigenvalue weighted by Gasteiger charge is -2.31. The van der Waals surface area contributed by atoms with Crippen molar-refractivity contribution >= 4 is 6.08 Å². The molecular weight excluding hydrogens is 432 g/mol. The number of allylic oxidation sites excluding steroid dienone is 1. The van der Waals surface area contributed by atoms with Gasteiger partial charge in [-0.15, -0.1) is 0 Å². The molecule has 2 aliphatic rings. The summed E-state index contributed by atoms with van der Waals surface area (Å²) in [5.41, 5.74) is -1.41. The van der Waals surface area contributed by atoms with Gasteiger partial charge in [-0.3, -0.25) is 0 Å². The Labute approximate surface area is 195 Å². The Bertz CT molecular complexity index is 758. The zero-order valence-electron chi connectivity index (χ0n) is 19.9. The molecule has 0 aromatic heterocycles. The van der Waals surface area contributed by atoms with Crippen molar-refractivity contribution in [2.75, 3.05) is 13.2 Å². The summed E-state index contributed by atoms with van der Waals surface area (Å²) < 4.78 is 66.1. The third kappa shape index (κ3) is 7.46. The third-order valence-electron chi connectivity index (χ3n) is 7.22. The van der Waals surface area contributed by atoms with Crippen molar-refractivity contribution in [2.45, 2.75) is 90.3 Å². The summed E-state index contributed by atoms with van der Waals surface area (Å²) in [6.45, 7) is 4.81. The molecule has 186 valence electrons. The number of hydrogen-bond acceptors (Lipinski definition) is 2. The van der Waals surface area contributed by atoms with Gasteiger partial charge in [0.05, 0.1) is 12.7 Å². The number of alkyl halides is 3. The molecule has 0 aliphatic heterocycles. The topological polar surface area (TPSA) is 18.5 Å². The first-order valence-corrected chi connectivity index (χ1v) is 12.6. The second-order valence-electron chi connectivity index (χ2n) is 9.68. The van der Waals surface area contributed by atoms with Crippen LogP contribution in [0.5, 0.6) is 5.75 Å². The van der Waals surface area contributed by atoms with Crippen LogP contribution in [0.4, 0.5) is 17.6 Å². The minimum absolute atomic E-state index is 0.106. The molecule has 3 rings (SSSR count). The standard InChI is InChI=1S/C27H38F4O2/c1-3-5-19-6-8-21(9-7-19)18-33-23-15-11-20(12-16-23)10-13-22-14-17-24(32-4-2)26(28)25(22)27(29,30)31/h10,13-14,17,19-21,23H,3-9,11-12,15-16,18H2,1-2H3/b13-10+. The van der Waals surface area contributed by atoms with Gasteiger partial charge in [-0.2, -0.15) is 13.2 Å². The number of ether oxygens (including phenoxy) is 2. The van der Waals surface area contributed by atoms with Crippen molar-refractivity contribution < 1.29 is 27.0 Å². The largest absolute Gasteiger partial charge is 0.491 e. The van der Waals surface area contributed by atoms with E-state index in [2.05, 4.69) is 6.92 Å². The molecule has 0 amide bonds. The average molecular weight is 471 g/mol. The van der Waals surface area contributed by atoms with Crippen LogP contribution in [0.1, 0.15) is 89.2 Å². The van der Waals surface area contributed by atoms with Crippen LogP contribution in [0.25, 0.3) is 6.08 Å². The van der Waals surface area contributed by atoms with Crippen LogP contribution in [0.2, 0.25) is 0 Å². The van der Waals surface area contributed by atoms with Gasteiger partial charge in [0.15, 0.2) is 11.6 Å². The SMILES string of the molecule is CCCC1CCC(COC2CCC(/C=C/c3ccc(OCC)c(F)c3C(F)(F)F)CC2)CC1. The molecule has 2 fully saturated rings. The van der Waals surface area contributed by atoms with Crippen LogP contribution in [-0.2, 0) is 10.9 Å². The second-order valence-corrected chi connectivity index (χ2v) is 9.68. The van der Waals surface area contributed by atoms with Crippen molar-refractivity contribution in [3.8, 4) is 5.75 Å². The van der Waals surface area contributed by atoms with E-state index < -0.39 is 17.6 Å². The fourth-order valence-electron chi connectivity index (χ4n) is 5.32.